The van der Waals surface area contributed by atoms with Gasteiger partial charge in [0.25, 0.3) is 5.69 Å². The van der Waals surface area contributed by atoms with E-state index >= 15 is 0 Å². The van der Waals surface area contributed by atoms with Gasteiger partial charge in [-0.05, 0) is 23.8 Å². The number of hydrogen-bond donors (Lipinski definition) is 3. The minimum absolute atomic E-state index is 0.0295. The summed E-state index contributed by atoms with van der Waals surface area (Å²) in [6, 6.07) is 11.2. The van der Waals surface area contributed by atoms with Gasteiger partial charge >= 0.3 is 0 Å². The second kappa shape index (κ2) is 6.64. The largest absolute Gasteiger partial charge is 0.506 e. The highest BCUT2D eigenvalue weighted by Crippen LogP contribution is 2.37. The number of benzene rings is 2. The number of nitrogens with one attached hydrogen (secondary N) is 2. The smallest absolute Gasteiger partial charge is 0.281 e. The minimum atomic E-state index is -0.576. The molecular formula is C14H11N3O4S. The highest BCUT2D eigenvalue weighted by Gasteiger charge is 2.19. The lowest BCUT2D eigenvalue weighted by Crippen LogP contribution is -2.26. The Kier molecular flexibility index (Phi) is 4.64. The Morgan fingerprint density at radius 3 is 2.55 bits per heavy atom. The summed E-state index contributed by atoms with van der Waals surface area (Å²) in [4.78, 5) is 20.9. The Hall–Kier alpha value is -3.00. The normalized spacial score (nSPS) is 9.82. The van der Waals surface area contributed by atoms with E-state index in [9.17, 15) is 20.0 Å². The lowest BCUT2D eigenvalue weighted by Gasteiger charge is -2.11. The predicted molar refractivity (Wildman–Crippen MR) is 85.6 cm³/mol. The zero-order valence-corrected chi connectivity index (χ0v) is 12.0. The fourth-order valence-electron chi connectivity index (χ4n) is 1.89. The second-order valence-electron chi connectivity index (χ2n) is 4.23. The van der Waals surface area contributed by atoms with Crippen LogP contribution in [0, 0.1) is 10.1 Å². The van der Waals surface area contributed by atoms with Gasteiger partial charge in [0.15, 0.2) is 5.11 Å². The summed E-state index contributed by atoms with van der Waals surface area (Å²) >= 11 is 4.84. The summed E-state index contributed by atoms with van der Waals surface area (Å²) in [5, 5.41) is 25.8. The molecule has 0 spiro atoms. The first kappa shape index (κ1) is 15.4. The molecule has 1 amide bonds. The van der Waals surface area contributed by atoms with E-state index in [1.165, 1.54) is 6.07 Å². The fourth-order valence-corrected chi connectivity index (χ4v) is 2.05. The maximum Gasteiger partial charge on any atom is 0.281 e. The number of amides is 1. The first-order valence-corrected chi connectivity index (χ1v) is 6.51. The van der Waals surface area contributed by atoms with Crippen molar-refractivity contribution in [3.05, 3.63) is 52.6 Å². The summed E-state index contributed by atoms with van der Waals surface area (Å²) in [7, 11) is 0. The summed E-state index contributed by atoms with van der Waals surface area (Å²) in [5.74, 6) is -0.346. The molecule has 8 heteroatoms. The van der Waals surface area contributed by atoms with Gasteiger partial charge in [0.2, 0.25) is 6.41 Å². The zero-order chi connectivity index (χ0) is 16.1. The number of carbonyl (C=O) groups is 1. The molecule has 2 rings (SSSR count). The van der Waals surface area contributed by atoms with Gasteiger partial charge in [-0.2, -0.15) is 0 Å². The monoisotopic (exact) mass is 317 g/mol. The molecule has 7 nitrogen and oxygen atoms in total. The molecule has 0 fully saturated rings. The number of carbonyl (C=O) groups excluding carboxylic acids is 1. The van der Waals surface area contributed by atoms with Crippen molar-refractivity contribution in [1.29, 1.82) is 0 Å². The summed E-state index contributed by atoms with van der Waals surface area (Å²) in [6.07, 6.45) is 0.385. The van der Waals surface area contributed by atoms with Crippen LogP contribution in [0.15, 0.2) is 42.5 Å². The molecule has 2 aromatic carbocycles. The van der Waals surface area contributed by atoms with Gasteiger partial charge in [-0.1, -0.05) is 30.3 Å². The van der Waals surface area contributed by atoms with Crippen LogP contribution >= 0.6 is 12.2 Å². The van der Waals surface area contributed by atoms with Gasteiger partial charge in [0, 0.05) is 0 Å². The van der Waals surface area contributed by atoms with Gasteiger partial charge < -0.3 is 15.7 Å². The number of rotatable bonds is 4. The molecule has 0 bridgehead atoms. The van der Waals surface area contributed by atoms with E-state index in [-0.39, 0.29) is 22.2 Å². The van der Waals surface area contributed by atoms with E-state index in [1.54, 1.807) is 30.3 Å². The van der Waals surface area contributed by atoms with Crippen LogP contribution in [0.3, 0.4) is 0 Å². The number of hydrogen-bond acceptors (Lipinski definition) is 5. The molecule has 0 heterocycles. The second-order valence-corrected chi connectivity index (χ2v) is 4.63. The molecule has 0 radical (unpaired) electrons. The average molecular weight is 317 g/mol. The molecule has 0 aromatic heterocycles. The molecule has 3 N–H and O–H groups in total. The molecule has 0 aliphatic carbocycles. The van der Waals surface area contributed by atoms with Crippen LogP contribution in [0.1, 0.15) is 0 Å². The minimum Gasteiger partial charge on any atom is -0.506 e. The SMILES string of the molecule is O=CNC(=S)Nc1cc(-c2ccccc2)c([N+](=O)[O-])cc1O. The van der Waals surface area contributed by atoms with Crippen LogP contribution in [0.4, 0.5) is 11.4 Å². The molecule has 0 unspecified atom stereocenters. The summed E-state index contributed by atoms with van der Waals surface area (Å²) in [6.45, 7) is 0. The predicted octanol–water partition coefficient (Wildman–Crippen LogP) is 2.41. The van der Waals surface area contributed by atoms with Gasteiger partial charge in [0.05, 0.1) is 22.2 Å². The number of anilines is 1. The number of nitrogens with zero attached hydrogens (tertiary/aromatic N) is 1. The van der Waals surface area contributed by atoms with Crippen LogP contribution in [0.25, 0.3) is 11.1 Å². The molecular weight excluding hydrogens is 306 g/mol. The number of phenols is 1. The zero-order valence-electron chi connectivity index (χ0n) is 11.1. The third-order valence-corrected chi connectivity index (χ3v) is 3.05. The van der Waals surface area contributed by atoms with E-state index in [2.05, 4.69) is 10.6 Å². The maximum atomic E-state index is 11.2. The van der Waals surface area contributed by atoms with Crippen LogP contribution < -0.4 is 10.6 Å². The Morgan fingerprint density at radius 1 is 1.27 bits per heavy atom. The van der Waals surface area contributed by atoms with Crippen LogP contribution in [0.2, 0.25) is 0 Å². The van der Waals surface area contributed by atoms with Crippen molar-refractivity contribution in [3.63, 3.8) is 0 Å². The third-order valence-electron chi connectivity index (χ3n) is 2.83. The molecule has 0 aliphatic heterocycles. The molecule has 2 aromatic rings. The van der Waals surface area contributed by atoms with Crippen LogP contribution in [0.5, 0.6) is 5.75 Å². The summed E-state index contributed by atoms with van der Waals surface area (Å²) < 4.78 is 0. The van der Waals surface area contributed by atoms with E-state index in [4.69, 9.17) is 12.2 Å². The van der Waals surface area contributed by atoms with E-state index < -0.39 is 4.92 Å². The van der Waals surface area contributed by atoms with Crippen molar-refractivity contribution in [3.8, 4) is 16.9 Å². The lowest BCUT2D eigenvalue weighted by molar-refractivity contribution is -0.384. The molecule has 112 valence electrons. The van der Waals surface area contributed by atoms with Crippen LogP contribution in [-0.2, 0) is 4.79 Å². The van der Waals surface area contributed by atoms with E-state index in [0.717, 1.165) is 6.07 Å². The van der Waals surface area contributed by atoms with E-state index in [1.807, 2.05) is 0 Å². The first-order valence-electron chi connectivity index (χ1n) is 6.11. The maximum absolute atomic E-state index is 11.2. The molecule has 0 saturated carbocycles. The average Bonchev–Trinajstić information content (AvgIpc) is 2.50. The number of nitro groups is 1. The van der Waals surface area contributed by atoms with Crippen molar-refractivity contribution in [1.82, 2.24) is 5.32 Å². The van der Waals surface area contributed by atoms with Crippen molar-refractivity contribution < 1.29 is 14.8 Å². The lowest BCUT2D eigenvalue weighted by atomic mass is 10.0. The highest BCUT2D eigenvalue weighted by atomic mass is 32.1. The molecule has 22 heavy (non-hydrogen) atoms. The van der Waals surface area contributed by atoms with Crippen molar-refractivity contribution >= 4 is 35.1 Å². The molecule has 0 aliphatic rings. The highest BCUT2D eigenvalue weighted by molar-refractivity contribution is 7.80. The third kappa shape index (κ3) is 3.36. The first-order chi connectivity index (χ1) is 10.5. The van der Waals surface area contributed by atoms with Gasteiger partial charge in [-0.3, -0.25) is 14.9 Å². The Labute approximate surface area is 130 Å². The van der Waals surface area contributed by atoms with Crippen molar-refractivity contribution in [2.45, 2.75) is 0 Å². The van der Waals surface area contributed by atoms with Crippen molar-refractivity contribution in [2.75, 3.05) is 5.32 Å². The van der Waals surface area contributed by atoms with Gasteiger partial charge in [0.1, 0.15) is 5.75 Å². The number of nitro benzene ring substituents is 1. The Bertz CT molecular complexity index is 734. The topological polar surface area (TPSA) is 104 Å². The Balaban J connectivity index is 2.52. The van der Waals surface area contributed by atoms with Crippen LogP contribution in [-0.4, -0.2) is 21.6 Å². The van der Waals surface area contributed by atoms with Gasteiger partial charge in [-0.25, -0.2) is 0 Å². The number of thiocarbonyl (C=S) groups is 1. The number of phenolic OH excluding ortho intramolecular Hbond substituents is 1. The van der Waals surface area contributed by atoms with Crippen molar-refractivity contribution in [2.24, 2.45) is 0 Å². The fraction of sp³-hybridized carbons (Fsp3) is 0. The van der Waals surface area contributed by atoms with E-state index in [0.29, 0.717) is 17.5 Å². The quantitative estimate of drug-likeness (QED) is 0.263. The summed E-state index contributed by atoms with van der Waals surface area (Å²) in [5.41, 5.74) is 0.860. The standard InChI is InChI=1S/C14H11N3O4S/c18-8-15-14(22)16-11-6-10(9-4-2-1-3-5-9)12(17(20)21)7-13(11)19/h1-8,19H,(H2,15,16,18,22). The van der Waals surface area contributed by atoms with Gasteiger partial charge in [-0.15, -0.1) is 0 Å². The molecule has 0 atom stereocenters. The number of aromatic hydroxyl groups is 1. The molecule has 0 saturated heterocycles. The Morgan fingerprint density at radius 2 is 1.95 bits per heavy atom.